The van der Waals surface area contributed by atoms with E-state index >= 15 is 0 Å². The minimum atomic E-state index is -0.942. The van der Waals surface area contributed by atoms with E-state index in [9.17, 15) is 14.7 Å². The Morgan fingerprint density at radius 3 is 2.91 bits per heavy atom. The first kappa shape index (κ1) is 16.5. The molecule has 0 aromatic carbocycles. The number of aromatic amines is 1. The molecule has 10 nitrogen and oxygen atoms in total. The molecule has 22 heavy (non-hydrogen) atoms. The minimum Gasteiger partial charge on any atom is -0.394 e. The lowest BCUT2D eigenvalue weighted by Crippen LogP contribution is -2.35. The molecule has 2 rings (SSSR count). The monoisotopic (exact) mass is 331 g/mol. The highest BCUT2D eigenvalue weighted by molar-refractivity contribution is 6.18. The first-order valence-corrected chi connectivity index (χ1v) is 6.95. The lowest BCUT2D eigenvalue weighted by molar-refractivity contribution is -0.0460. The Balaban J connectivity index is 2.43. The number of aromatic nitrogens is 2. The van der Waals surface area contributed by atoms with E-state index in [2.05, 4.69) is 15.0 Å². The fraction of sp³-hybridized carbons (Fsp3) is 0.636. The van der Waals surface area contributed by atoms with Gasteiger partial charge in [-0.2, -0.15) is 0 Å². The Morgan fingerprint density at radius 2 is 2.36 bits per heavy atom. The van der Waals surface area contributed by atoms with Gasteiger partial charge in [0.25, 0.3) is 5.56 Å². The molecule has 0 bridgehead atoms. The maximum atomic E-state index is 11.9. The predicted octanol–water partition coefficient (Wildman–Crippen LogP) is -0.233. The Bertz CT molecular complexity index is 697. The van der Waals surface area contributed by atoms with Gasteiger partial charge in [0.2, 0.25) is 0 Å². The number of H-pyrrole nitrogens is 1. The van der Waals surface area contributed by atoms with Crippen molar-refractivity contribution in [3.05, 3.63) is 43.0 Å². The van der Waals surface area contributed by atoms with Crippen molar-refractivity contribution in [2.45, 2.75) is 30.9 Å². The Kier molecular flexibility index (Phi) is 5.22. The Morgan fingerprint density at radius 1 is 1.64 bits per heavy atom. The number of nitrogens with one attached hydrogen (secondary N) is 1. The van der Waals surface area contributed by atoms with Crippen molar-refractivity contribution in [1.29, 1.82) is 0 Å². The second-order valence-corrected chi connectivity index (χ2v) is 5.05. The van der Waals surface area contributed by atoms with Crippen LogP contribution >= 0.6 is 11.6 Å². The molecule has 4 atom stereocenters. The quantitative estimate of drug-likeness (QED) is 0.294. The number of halogens is 1. The second-order valence-electron chi connectivity index (χ2n) is 4.74. The molecule has 1 saturated heterocycles. The summed E-state index contributed by atoms with van der Waals surface area (Å²) in [5.41, 5.74) is 7.05. The summed E-state index contributed by atoms with van der Waals surface area (Å²) < 4.78 is 6.43. The van der Waals surface area contributed by atoms with Crippen LogP contribution in [-0.2, 0) is 4.74 Å². The van der Waals surface area contributed by atoms with Crippen LogP contribution < -0.4 is 11.2 Å². The van der Waals surface area contributed by atoms with Crippen molar-refractivity contribution in [3.63, 3.8) is 0 Å². The van der Waals surface area contributed by atoms with Crippen LogP contribution in [0.2, 0.25) is 0 Å². The third-order valence-corrected chi connectivity index (χ3v) is 3.68. The summed E-state index contributed by atoms with van der Waals surface area (Å²) in [6, 6.07) is -0.942. The maximum Gasteiger partial charge on any atom is 0.330 e. The summed E-state index contributed by atoms with van der Waals surface area (Å²) in [4.78, 5) is 28.4. The van der Waals surface area contributed by atoms with Crippen LogP contribution in [0.4, 0.5) is 0 Å². The molecular weight excluding hydrogens is 318 g/mol. The molecule has 0 amide bonds. The minimum absolute atomic E-state index is 0.0120. The number of aliphatic hydroxyl groups excluding tert-OH is 2. The number of aliphatic hydroxyl groups is 2. The fourth-order valence-electron chi connectivity index (χ4n) is 2.24. The van der Waals surface area contributed by atoms with Crippen LogP contribution in [0.15, 0.2) is 20.9 Å². The average Bonchev–Trinajstić information content (AvgIpc) is 2.86. The molecule has 11 heteroatoms. The molecule has 3 N–H and O–H groups in total. The third kappa shape index (κ3) is 3.16. The van der Waals surface area contributed by atoms with Gasteiger partial charge in [-0.3, -0.25) is 14.3 Å². The molecule has 1 aromatic heterocycles. The van der Waals surface area contributed by atoms with Crippen molar-refractivity contribution >= 4 is 11.6 Å². The summed E-state index contributed by atoms with van der Waals surface area (Å²) in [6.45, 7) is -0.397. The van der Waals surface area contributed by atoms with Crippen molar-refractivity contribution in [2.24, 2.45) is 5.11 Å². The number of alkyl halides is 1. The number of hydrogen-bond donors (Lipinski definition) is 3. The summed E-state index contributed by atoms with van der Waals surface area (Å²) >= 11 is 5.66. The first-order valence-electron chi connectivity index (χ1n) is 6.41. The van der Waals surface area contributed by atoms with E-state index in [1.54, 1.807) is 0 Å². The van der Waals surface area contributed by atoms with Gasteiger partial charge in [0, 0.05) is 29.0 Å². The summed E-state index contributed by atoms with van der Waals surface area (Å²) in [5.74, 6) is -0.140. The van der Waals surface area contributed by atoms with Crippen LogP contribution in [-0.4, -0.2) is 44.5 Å². The predicted molar refractivity (Wildman–Crippen MR) is 75.5 cm³/mol. The molecule has 2 heterocycles. The SMILES string of the molecule is [N-]=[N+]=N[C@H](CCl)c1cn([C@H]2C[C@H](O)[C@@H](CO)O2)c(=O)[nH]c1=O. The van der Waals surface area contributed by atoms with E-state index in [0.29, 0.717) is 0 Å². The van der Waals surface area contributed by atoms with Crippen molar-refractivity contribution < 1.29 is 14.9 Å². The summed E-state index contributed by atoms with van der Waals surface area (Å²) in [5, 5.41) is 22.2. The van der Waals surface area contributed by atoms with Crippen LogP contribution in [0, 0.1) is 0 Å². The van der Waals surface area contributed by atoms with E-state index in [1.165, 1.54) is 6.20 Å². The van der Waals surface area contributed by atoms with Crippen LogP contribution in [0.25, 0.3) is 10.4 Å². The van der Waals surface area contributed by atoms with Gasteiger partial charge >= 0.3 is 5.69 Å². The number of ether oxygens (including phenoxy) is 1. The standard InChI is InChI=1S/C11H14ClN5O5/c12-2-6(15-16-13)5-3-17(11(21)14-10(5)20)9-1-7(19)8(4-18)22-9/h3,6-9,18-19H,1-2,4H2,(H,14,20,21)/t6-,7+,8-,9-/m1/s1. The number of rotatable bonds is 5. The highest BCUT2D eigenvalue weighted by Gasteiger charge is 2.35. The Labute approximate surface area is 128 Å². The van der Waals surface area contributed by atoms with Gasteiger partial charge in [-0.1, -0.05) is 5.11 Å². The molecular formula is C11H14ClN5O5. The maximum absolute atomic E-state index is 11.9. The van der Waals surface area contributed by atoms with Crippen LogP contribution in [0.5, 0.6) is 0 Å². The molecule has 0 spiro atoms. The van der Waals surface area contributed by atoms with E-state index in [0.717, 1.165) is 4.57 Å². The zero-order valence-electron chi connectivity index (χ0n) is 11.3. The molecule has 1 fully saturated rings. The van der Waals surface area contributed by atoms with Crippen LogP contribution in [0.1, 0.15) is 24.3 Å². The highest BCUT2D eigenvalue weighted by atomic mass is 35.5. The zero-order chi connectivity index (χ0) is 16.3. The molecule has 0 unspecified atom stereocenters. The van der Waals surface area contributed by atoms with Gasteiger partial charge in [-0.15, -0.1) is 11.6 Å². The van der Waals surface area contributed by atoms with Gasteiger partial charge < -0.3 is 14.9 Å². The van der Waals surface area contributed by atoms with Gasteiger partial charge in [0.05, 0.1) is 18.8 Å². The Hall–Kier alpha value is -1.84. The highest BCUT2D eigenvalue weighted by Crippen LogP contribution is 2.27. The van der Waals surface area contributed by atoms with E-state index in [4.69, 9.17) is 27.0 Å². The molecule has 1 aliphatic heterocycles. The molecule has 0 radical (unpaired) electrons. The fourth-order valence-corrected chi connectivity index (χ4v) is 2.47. The third-order valence-electron chi connectivity index (χ3n) is 3.39. The number of nitrogens with zero attached hydrogens (tertiary/aromatic N) is 4. The lowest BCUT2D eigenvalue weighted by Gasteiger charge is -2.16. The second kappa shape index (κ2) is 6.95. The van der Waals surface area contributed by atoms with Gasteiger partial charge in [0.1, 0.15) is 12.3 Å². The van der Waals surface area contributed by atoms with Gasteiger partial charge in [-0.25, -0.2) is 4.79 Å². The van der Waals surface area contributed by atoms with Crippen molar-refractivity contribution in [1.82, 2.24) is 9.55 Å². The smallest absolute Gasteiger partial charge is 0.330 e. The number of hydrogen-bond acceptors (Lipinski definition) is 6. The van der Waals surface area contributed by atoms with E-state index in [-0.39, 0.29) is 17.9 Å². The molecule has 0 saturated carbocycles. The topological polar surface area (TPSA) is 153 Å². The molecule has 120 valence electrons. The van der Waals surface area contributed by atoms with E-state index < -0.39 is 42.3 Å². The van der Waals surface area contributed by atoms with Crippen molar-refractivity contribution in [2.75, 3.05) is 12.5 Å². The molecule has 1 aromatic rings. The summed E-state index contributed by atoms with van der Waals surface area (Å²) in [6.07, 6.45) is -1.33. The van der Waals surface area contributed by atoms with Gasteiger partial charge in [0.15, 0.2) is 0 Å². The average molecular weight is 332 g/mol. The normalized spacial score (nSPS) is 25.7. The van der Waals surface area contributed by atoms with Gasteiger partial charge in [-0.05, 0) is 5.53 Å². The zero-order valence-corrected chi connectivity index (χ0v) is 12.0. The largest absolute Gasteiger partial charge is 0.394 e. The number of azide groups is 1. The summed E-state index contributed by atoms with van der Waals surface area (Å²) in [7, 11) is 0. The van der Waals surface area contributed by atoms with E-state index in [1.807, 2.05) is 0 Å². The van der Waals surface area contributed by atoms with Crippen LogP contribution in [0.3, 0.4) is 0 Å². The molecule has 1 aliphatic rings. The van der Waals surface area contributed by atoms with Crippen molar-refractivity contribution in [3.8, 4) is 0 Å². The molecule has 0 aliphatic carbocycles. The first-order chi connectivity index (χ1) is 10.5. The lowest BCUT2D eigenvalue weighted by atomic mass is 10.1.